The lowest BCUT2D eigenvalue weighted by atomic mass is 10.1. The van der Waals surface area contributed by atoms with Gasteiger partial charge in [0, 0.05) is 6.07 Å². The Morgan fingerprint density at radius 2 is 2.29 bits per heavy atom. The van der Waals surface area contributed by atoms with Gasteiger partial charge in [-0.3, -0.25) is 14.9 Å². The van der Waals surface area contributed by atoms with Gasteiger partial charge in [0.2, 0.25) is 5.91 Å². The lowest BCUT2D eigenvalue weighted by Gasteiger charge is -2.02. The number of benzene rings is 1. The Hall–Kier alpha value is -2.55. The molecule has 2 N–H and O–H groups in total. The fourth-order valence-electron chi connectivity index (χ4n) is 1.19. The van der Waals surface area contributed by atoms with Crippen LogP contribution in [-0.4, -0.2) is 17.9 Å². The molecule has 1 rings (SSSR count). The van der Waals surface area contributed by atoms with E-state index in [0.29, 0.717) is 0 Å². The highest BCUT2D eigenvalue weighted by atomic mass is 16.6. The highest BCUT2D eigenvalue weighted by molar-refractivity contribution is 5.77. The van der Waals surface area contributed by atoms with Gasteiger partial charge in [-0.25, -0.2) is 0 Å². The predicted octanol–water partition coefficient (Wildman–Crippen LogP) is 0.830. The van der Waals surface area contributed by atoms with Gasteiger partial charge < -0.3 is 10.5 Å². The maximum Gasteiger partial charge on any atom is 0.288 e. The fourth-order valence-corrected chi connectivity index (χ4v) is 1.19. The molecule has 0 aliphatic carbocycles. The molecule has 1 amide bonds. The molecular weight excluding hydrogens is 224 g/mol. The number of hydrogen-bond acceptors (Lipinski definition) is 4. The topological polar surface area (TPSA) is 95.5 Å². The minimum absolute atomic E-state index is 0.140. The van der Waals surface area contributed by atoms with Crippen molar-refractivity contribution in [3.63, 3.8) is 0 Å². The molecule has 0 unspecified atom stereocenters. The number of primary amides is 1. The first-order valence-corrected chi connectivity index (χ1v) is 4.65. The van der Waals surface area contributed by atoms with E-state index >= 15 is 0 Å². The maximum atomic E-state index is 10.8. The molecule has 0 atom stereocenters. The summed E-state index contributed by atoms with van der Waals surface area (Å²) in [6.45, 7) is 0. The molecule has 0 heterocycles. The molecule has 88 valence electrons. The van der Waals surface area contributed by atoms with E-state index in [2.05, 4.69) is 11.8 Å². The summed E-state index contributed by atoms with van der Waals surface area (Å²) in [5.41, 5.74) is 4.89. The highest BCUT2D eigenvalue weighted by Gasteiger charge is 2.15. The molecule has 17 heavy (non-hydrogen) atoms. The Labute approximate surface area is 97.5 Å². The Balaban J connectivity index is 3.21. The van der Waals surface area contributed by atoms with E-state index in [9.17, 15) is 14.9 Å². The van der Waals surface area contributed by atoms with Gasteiger partial charge in [-0.2, -0.15) is 0 Å². The number of nitro groups is 1. The van der Waals surface area contributed by atoms with Gasteiger partial charge in [-0.1, -0.05) is 17.9 Å². The van der Waals surface area contributed by atoms with Crippen LogP contribution in [0.3, 0.4) is 0 Å². The van der Waals surface area contributed by atoms with Crippen molar-refractivity contribution in [1.29, 1.82) is 0 Å². The van der Waals surface area contributed by atoms with Crippen molar-refractivity contribution in [2.45, 2.75) is 6.42 Å². The number of nitrogens with zero attached hydrogens (tertiary/aromatic N) is 1. The smallest absolute Gasteiger partial charge is 0.288 e. The molecule has 0 saturated heterocycles. The first kappa shape index (κ1) is 12.5. The van der Waals surface area contributed by atoms with Gasteiger partial charge >= 0.3 is 0 Å². The van der Waals surface area contributed by atoms with Crippen LogP contribution in [0.5, 0.6) is 5.75 Å². The molecule has 0 bridgehead atoms. The van der Waals surface area contributed by atoms with Crippen molar-refractivity contribution in [2.24, 2.45) is 5.73 Å². The molecule has 0 aliphatic rings. The number of carbonyl (C=O) groups excluding carboxylic acids is 1. The van der Waals surface area contributed by atoms with E-state index in [1.54, 1.807) is 6.07 Å². The Bertz CT molecular complexity index is 514. The number of amides is 1. The van der Waals surface area contributed by atoms with Crippen LogP contribution in [0.4, 0.5) is 5.69 Å². The van der Waals surface area contributed by atoms with Gasteiger partial charge in [0.1, 0.15) is 11.3 Å². The van der Waals surface area contributed by atoms with Gasteiger partial charge in [0.15, 0.2) is 0 Å². The third-order valence-electron chi connectivity index (χ3n) is 1.90. The standard InChI is InChI=1S/C11H10N2O4/c1-17-10-6-3-5-9(13(15)16)8(10)4-2-7-11(12)14/h3,5-6H,7H2,1H3,(H2,12,14). The van der Waals surface area contributed by atoms with Gasteiger partial charge in [-0.05, 0) is 6.07 Å². The number of methoxy groups -OCH3 is 1. The summed E-state index contributed by atoms with van der Waals surface area (Å²) in [7, 11) is 1.39. The van der Waals surface area contributed by atoms with Crippen LogP contribution < -0.4 is 10.5 Å². The maximum absolute atomic E-state index is 10.8. The van der Waals surface area contributed by atoms with Crippen LogP contribution in [-0.2, 0) is 4.79 Å². The minimum Gasteiger partial charge on any atom is -0.495 e. The zero-order chi connectivity index (χ0) is 12.8. The molecule has 0 spiro atoms. The zero-order valence-corrected chi connectivity index (χ0v) is 9.10. The van der Waals surface area contributed by atoms with Crippen LogP contribution in [0.2, 0.25) is 0 Å². The average Bonchev–Trinajstić information content (AvgIpc) is 2.28. The summed E-state index contributed by atoms with van der Waals surface area (Å²) >= 11 is 0. The normalized spacial score (nSPS) is 9.00. The SMILES string of the molecule is COc1cccc([N+](=O)[O-])c1C#CCC(N)=O. The minimum atomic E-state index is -0.588. The fraction of sp³-hybridized carbons (Fsp3) is 0.182. The average molecular weight is 234 g/mol. The molecule has 1 aromatic rings. The molecule has 0 fully saturated rings. The van der Waals surface area contributed by atoms with Crippen LogP contribution in [0, 0.1) is 22.0 Å². The number of nitro benzene ring substituents is 1. The van der Waals surface area contributed by atoms with Crippen LogP contribution >= 0.6 is 0 Å². The summed E-state index contributed by atoms with van der Waals surface area (Å²) in [5, 5.41) is 10.8. The molecule has 0 radical (unpaired) electrons. The van der Waals surface area contributed by atoms with E-state index in [1.807, 2.05) is 0 Å². The Morgan fingerprint density at radius 3 is 2.82 bits per heavy atom. The van der Waals surface area contributed by atoms with Crippen molar-refractivity contribution in [3.05, 3.63) is 33.9 Å². The highest BCUT2D eigenvalue weighted by Crippen LogP contribution is 2.26. The Kier molecular flexibility index (Phi) is 4.06. The van der Waals surface area contributed by atoms with E-state index in [-0.39, 0.29) is 23.4 Å². The third-order valence-corrected chi connectivity index (χ3v) is 1.90. The second-order valence-electron chi connectivity index (χ2n) is 3.06. The van der Waals surface area contributed by atoms with E-state index in [0.717, 1.165) is 0 Å². The van der Waals surface area contributed by atoms with Crippen LogP contribution in [0.1, 0.15) is 12.0 Å². The molecule has 0 aliphatic heterocycles. The van der Waals surface area contributed by atoms with E-state index in [4.69, 9.17) is 10.5 Å². The van der Waals surface area contributed by atoms with Crippen molar-refractivity contribution in [2.75, 3.05) is 7.11 Å². The molecular formula is C11H10N2O4. The van der Waals surface area contributed by atoms with Crippen molar-refractivity contribution >= 4 is 11.6 Å². The second-order valence-corrected chi connectivity index (χ2v) is 3.06. The number of carbonyl (C=O) groups is 1. The summed E-state index contributed by atoms with van der Waals surface area (Å²) in [6.07, 6.45) is -0.158. The molecule has 1 aromatic carbocycles. The van der Waals surface area contributed by atoms with Gasteiger partial charge in [0.05, 0.1) is 18.5 Å². The van der Waals surface area contributed by atoms with Crippen molar-refractivity contribution in [1.82, 2.24) is 0 Å². The molecule has 0 saturated carbocycles. The lowest BCUT2D eigenvalue weighted by Crippen LogP contribution is -2.08. The molecule has 6 heteroatoms. The van der Waals surface area contributed by atoms with Gasteiger partial charge in [0.25, 0.3) is 5.69 Å². The number of nitrogens with two attached hydrogens (primary N) is 1. The number of hydrogen-bond donors (Lipinski definition) is 1. The summed E-state index contributed by atoms with van der Waals surface area (Å²) in [6, 6.07) is 4.37. The summed E-state index contributed by atoms with van der Waals surface area (Å²) < 4.78 is 4.97. The van der Waals surface area contributed by atoms with Crippen molar-refractivity contribution < 1.29 is 14.5 Å². The van der Waals surface area contributed by atoms with E-state index in [1.165, 1.54) is 19.2 Å². The monoisotopic (exact) mass is 234 g/mol. The van der Waals surface area contributed by atoms with Crippen molar-refractivity contribution in [3.8, 4) is 17.6 Å². The number of rotatable bonds is 3. The molecule has 0 aromatic heterocycles. The first-order valence-electron chi connectivity index (χ1n) is 4.65. The predicted molar refractivity (Wildman–Crippen MR) is 60.3 cm³/mol. The molecule has 6 nitrogen and oxygen atoms in total. The van der Waals surface area contributed by atoms with E-state index < -0.39 is 10.8 Å². The van der Waals surface area contributed by atoms with Gasteiger partial charge in [-0.15, -0.1) is 0 Å². The second kappa shape index (κ2) is 5.51. The third kappa shape index (κ3) is 3.21. The Morgan fingerprint density at radius 1 is 1.59 bits per heavy atom. The summed E-state index contributed by atoms with van der Waals surface area (Å²) in [5.74, 6) is 4.69. The first-order chi connectivity index (χ1) is 8.06. The quantitative estimate of drug-likeness (QED) is 0.476. The van der Waals surface area contributed by atoms with Crippen LogP contribution in [0.15, 0.2) is 18.2 Å². The largest absolute Gasteiger partial charge is 0.495 e. The number of ether oxygens (including phenoxy) is 1. The zero-order valence-electron chi connectivity index (χ0n) is 9.10. The summed E-state index contributed by atoms with van der Waals surface area (Å²) in [4.78, 5) is 20.7. The van der Waals surface area contributed by atoms with Crippen LogP contribution in [0.25, 0.3) is 0 Å². The lowest BCUT2D eigenvalue weighted by molar-refractivity contribution is -0.385.